The zero-order chi connectivity index (χ0) is 25.4. The minimum absolute atomic E-state index is 0.0133. The number of rotatable bonds is 5. The van der Waals surface area contributed by atoms with Gasteiger partial charge in [0.1, 0.15) is 11.5 Å². The third kappa shape index (κ3) is 4.15. The smallest absolute Gasteiger partial charge is 0.300 e. The molecule has 1 amide bonds. The number of amides is 1. The van der Waals surface area contributed by atoms with Gasteiger partial charge in [0.25, 0.3) is 11.7 Å². The van der Waals surface area contributed by atoms with E-state index in [4.69, 9.17) is 4.74 Å². The lowest BCUT2D eigenvalue weighted by Gasteiger charge is -2.26. The summed E-state index contributed by atoms with van der Waals surface area (Å²) in [6.45, 7) is 2.31. The molecule has 2 aliphatic rings. The number of anilines is 1. The molecule has 0 aromatic heterocycles. The molecule has 7 heteroatoms. The van der Waals surface area contributed by atoms with Crippen LogP contribution in [0.15, 0.2) is 66.2 Å². The number of aliphatic hydroxyl groups excluding tert-OH is 1. The van der Waals surface area contributed by atoms with Crippen molar-refractivity contribution >= 4 is 23.1 Å². The van der Waals surface area contributed by atoms with Crippen molar-refractivity contribution in [1.82, 2.24) is 0 Å². The Morgan fingerprint density at radius 2 is 1.67 bits per heavy atom. The summed E-state index contributed by atoms with van der Waals surface area (Å²) in [6.07, 6.45) is 3.99. The number of carbonyl (C=O) groups excluding carboxylic acids is 2. The number of Topliss-reactive ketones (excluding diaryl/α,β-unsaturated/α-hetero) is 1. The summed E-state index contributed by atoms with van der Waals surface area (Å²) < 4.78 is 33.3. The van der Waals surface area contributed by atoms with E-state index in [9.17, 15) is 23.5 Å². The van der Waals surface area contributed by atoms with Crippen LogP contribution in [0.4, 0.5) is 14.5 Å². The van der Waals surface area contributed by atoms with E-state index in [0.29, 0.717) is 23.5 Å². The van der Waals surface area contributed by atoms with Crippen LogP contribution in [0.5, 0.6) is 5.75 Å². The highest BCUT2D eigenvalue weighted by atomic mass is 19.2. The molecule has 1 aliphatic heterocycles. The van der Waals surface area contributed by atoms with E-state index in [2.05, 4.69) is 0 Å². The maximum absolute atomic E-state index is 14.1. The Morgan fingerprint density at radius 3 is 2.36 bits per heavy atom. The van der Waals surface area contributed by atoms with Crippen LogP contribution >= 0.6 is 0 Å². The van der Waals surface area contributed by atoms with Crippen LogP contribution in [0.2, 0.25) is 0 Å². The number of ether oxygens (including phenoxy) is 1. The van der Waals surface area contributed by atoms with Gasteiger partial charge in [-0.2, -0.15) is 0 Å². The van der Waals surface area contributed by atoms with Gasteiger partial charge in [-0.05, 0) is 79.6 Å². The largest absolute Gasteiger partial charge is 0.507 e. The molecular weight excluding hydrogens is 464 g/mol. The molecule has 5 nitrogen and oxygen atoms in total. The lowest BCUT2D eigenvalue weighted by Crippen LogP contribution is -2.29. The Labute approximate surface area is 207 Å². The summed E-state index contributed by atoms with van der Waals surface area (Å²) in [5.41, 5.74) is 3.18. The number of aryl methyl sites for hydroxylation is 2. The van der Waals surface area contributed by atoms with Crippen molar-refractivity contribution in [3.63, 3.8) is 0 Å². The number of carbonyl (C=O) groups is 2. The minimum Gasteiger partial charge on any atom is -0.507 e. The highest BCUT2D eigenvalue weighted by molar-refractivity contribution is 6.51. The third-order valence-electron chi connectivity index (χ3n) is 6.75. The van der Waals surface area contributed by atoms with Gasteiger partial charge in [0, 0.05) is 17.3 Å². The molecule has 1 saturated heterocycles. The van der Waals surface area contributed by atoms with Crippen LogP contribution < -0.4 is 9.64 Å². The van der Waals surface area contributed by atoms with Gasteiger partial charge in [-0.15, -0.1) is 0 Å². The van der Waals surface area contributed by atoms with Gasteiger partial charge >= 0.3 is 0 Å². The van der Waals surface area contributed by atoms with Gasteiger partial charge in [0.2, 0.25) is 0 Å². The van der Waals surface area contributed by atoms with E-state index < -0.39 is 29.4 Å². The predicted octanol–water partition coefficient (Wildman–Crippen LogP) is 5.87. The zero-order valence-electron chi connectivity index (χ0n) is 19.8. The first kappa shape index (κ1) is 23.7. The van der Waals surface area contributed by atoms with Crippen LogP contribution in [0.3, 0.4) is 0 Å². The fourth-order valence-corrected chi connectivity index (χ4v) is 5.00. The second-order valence-electron chi connectivity index (χ2n) is 8.96. The van der Waals surface area contributed by atoms with Gasteiger partial charge in [-0.3, -0.25) is 14.5 Å². The van der Waals surface area contributed by atoms with E-state index in [1.54, 1.807) is 30.3 Å². The zero-order valence-corrected chi connectivity index (χ0v) is 19.8. The van der Waals surface area contributed by atoms with E-state index in [1.807, 2.05) is 19.1 Å². The maximum atomic E-state index is 14.1. The normalized spacial score (nSPS) is 18.9. The molecule has 1 unspecified atom stereocenters. The van der Waals surface area contributed by atoms with E-state index in [0.717, 1.165) is 48.3 Å². The van der Waals surface area contributed by atoms with E-state index >= 15 is 0 Å². The second-order valence-corrected chi connectivity index (χ2v) is 8.96. The quantitative estimate of drug-likeness (QED) is 0.277. The first-order chi connectivity index (χ1) is 17.4. The maximum Gasteiger partial charge on any atom is 0.300 e. The summed E-state index contributed by atoms with van der Waals surface area (Å²) in [7, 11) is 0. The van der Waals surface area contributed by atoms with Crippen molar-refractivity contribution in [2.75, 3.05) is 11.5 Å². The highest BCUT2D eigenvalue weighted by Crippen LogP contribution is 2.43. The third-order valence-corrected chi connectivity index (χ3v) is 6.75. The molecule has 1 atom stereocenters. The molecule has 36 heavy (non-hydrogen) atoms. The van der Waals surface area contributed by atoms with Gasteiger partial charge in [0.05, 0.1) is 18.2 Å². The summed E-state index contributed by atoms with van der Waals surface area (Å²) in [5, 5.41) is 11.4. The fraction of sp³-hybridized carbons (Fsp3) is 0.241. The van der Waals surface area contributed by atoms with Crippen molar-refractivity contribution in [3.8, 4) is 5.75 Å². The molecule has 1 N–H and O–H groups in total. The van der Waals surface area contributed by atoms with Crippen molar-refractivity contribution in [1.29, 1.82) is 0 Å². The monoisotopic (exact) mass is 489 g/mol. The second kappa shape index (κ2) is 9.57. The molecule has 5 rings (SSSR count). The van der Waals surface area contributed by atoms with Crippen LogP contribution in [0.25, 0.3) is 5.76 Å². The lowest BCUT2D eigenvalue weighted by atomic mass is 9.88. The Bertz CT molecular complexity index is 1380. The summed E-state index contributed by atoms with van der Waals surface area (Å²) in [4.78, 5) is 27.6. The molecule has 1 aliphatic carbocycles. The van der Waals surface area contributed by atoms with Crippen LogP contribution in [0.1, 0.15) is 48.1 Å². The minimum atomic E-state index is -1.14. The number of fused-ring (bicyclic) bond motifs is 1. The van der Waals surface area contributed by atoms with Gasteiger partial charge < -0.3 is 9.84 Å². The molecule has 1 heterocycles. The number of benzene rings is 3. The fourth-order valence-electron chi connectivity index (χ4n) is 5.00. The number of hydrogen-bond donors (Lipinski definition) is 1. The molecule has 184 valence electrons. The molecule has 0 radical (unpaired) electrons. The Morgan fingerprint density at radius 1 is 0.944 bits per heavy atom. The molecule has 0 saturated carbocycles. The number of aliphatic hydroxyl groups is 1. The van der Waals surface area contributed by atoms with Gasteiger partial charge in [0.15, 0.2) is 11.6 Å². The molecule has 3 aromatic carbocycles. The first-order valence-electron chi connectivity index (χ1n) is 12.0. The molecule has 0 spiro atoms. The number of nitrogens with zero attached hydrogens (tertiary/aromatic N) is 1. The number of hydrogen-bond acceptors (Lipinski definition) is 4. The van der Waals surface area contributed by atoms with Crippen molar-refractivity contribution < 1.29 is 28.2 Å². The van der Waals surface area contributed by atoms with Crippen molar-refractivity contribution in [3.05, 3.63) is 100 Å². The van der Waals surface area contributed by atoms with Gasteiger partial charge in [-0.1, -0.05) is 24.3 Å². The topological polar surface area (TPSA) is 66.8 Å². The predicted molar refractivity (Wildman–Crippen MR) is 132 cm³/mol. The van der Waals surface area contributed by atoms with Crippen molar-refractivity contribution in [2.24, 2.45) is 0 Å². The van der Waals surface area contributed by atoms with E-state index in [1.165, 1.54) is 11.6 Å². The SMILES string of the molecule is CCOc1ccc(C2/C(=C(/O)c3ccc4c(c3)CCCC4)C(=O)C(=O)N2c2ccc(F)c(F)c2)cc1. The van der Waals surface area contributed by atoms with Crippen LogP contribution in [-0.4, -0.2) is 23.4 Å². The summed E-state index contributed by atoms with van der Waals surface area (Å²) in [5.74, 6) is -3.74. The molecule has 0 bridgehead atoms. The van der Waals surface area contributed by atoms with E-state index in [-0.39, 0.29) is 17.0 Å². The Hall–Kier alpha value is -4.00. The molecule has 1 fully saturated rings. The summed E-state index contributed by atoms with van der Waals surface area (Å²) in [6, 6.07) is 14.3. The standard InChI is InChI=1S/C29H25F2NO4/c1-2-36-22-12-9-18(10-13-22)26-25(27(33)20-8-7-17-5-3-4-6-19(17)15-20)28(34)29(35)32(26)21-11-14-23(30)24(31)16-21/h7-16,26,33H,2-6H2,1H3/b27-25-. The first-order valence-corrected chi connectivity index (χ1v) is 12.0. The van der Waals surface area contributed by atoms with Crippen LogP contribution in [-0.2, 0) is 22.4 Å². The molecule has 3 aromatic rings. The lowest BCUT2D eigenvalue weighted by molar-refractivity contribution is -0.132. The molecular formula is C29H25F2NO4. The Balaban J connectivity index is 1.67. The highest BCUT2D eigenvalue weighted by Gasteiger charge is 2.47. The average Bonchev–Trinajstić information content (AvgIpc) is 3.16. The number of ketones is 1. The average molecular weight is 490 g/mol. The summed E-state index contributed by atoms with van der Waals surface area (Å²) >= 11 is 0. The van der Waals surface area contributed by atoms with Crippen molar-refractivity contribution in [2.45, 2.75) is 38.6 Å². The van der Waals surface area contributed by atoms with Crippen LogP contribution in [0, 0.1) is 11.6 Å². The Kier molecular flexibility index (Phi) is 6.31. The van der Waals surface area contributed by atoms with Gasteiger partial charge in [-0.25, -0.2) is 8.78 Å². The number of halogens is 2.